The second-order valence-corrected chi connectivity index (χ2v) is 4.79. The van der Waals surface area contributed by atoms with Crippen LogP contribution in [0, 0.1) is 0 Å². The summed E-state index contributed by atoms with van der Waals surface area (Å²) in [7, 11) is 0. The number of hydrogen-bond donors (Lipinski definition) is 2. The third-order valence-electron chi connectivity index (χ3n) is 3.24. The molecule has 8 nitrogen and oxygen atoms in total. The molecule has 1 aromatic rings. The highest BCUT2D eigenvalue weighted by Crippen LogP contribution is 2.21. The Morgan fingerprint density at radius 3 is 2.23 bits per heavy atom. The van der Waals surface area contributed by atoms with Gasteiger partial charge in [0.15, 0.2) is 0 Å². The molecule has 1 aliphatic rings. The summed E-state index contributed by atoms with van der Waals surface area (Å²) >= 11 is 0. The monoisotopic (exact) mass is 308 g/mol. The summed E-state index contributed by atoms with van der Waals surface area (Å²) in [6, 6.07) is 1.16. The molecular formula is C14H16N2O6. The van der Waals surface area contributed by atoms with Gasteiger partial charge in [0, 0.05) is 24.3 Å². The smallest absolute Gasteiger partial charge is 0.355 e. The zero-order chi connectivity index (χ0) is 16.3. The fraction of sp³-hybridized carbons (Fsp3) is 0.357. The van der Waals surface area contributed by atoms with Gasteiger partial charge in [0.25, 0.3) is 11.8 Å². The van der Waals surface area contributed by atoms with E-state index in [1.165, 1.54) is 0 Å². The highest BCUT2D eigenvalue weighted by atomic mass is 16.7. The van der Waals surface area contributed by atoms with E-state index in [-0.39, 0.29) is 6.42 Å². The van der Waals surface area contributed by atoms with Crippen LogP contribution in [0.4, 0.5) is 0 Å². The van der Waals surface area contributed by atoms with Gasteiger partial charge in [-0.2, -0.15) is 0 Å². The number of rotatable bonds is 6. The standard InChI is InChI=1S/C14H16N2O6/c1-2-3-4-9(15-10(17)5-6-11(15)18)14(21)22-16-12(19)7-8-13(16)20/h5-9,19-20H,2-4H2,1H3. The molecule has 2 rings (SSSR count). The summed E-state index contributed by atoms with van der Waals surface area (Å²) in [5.41, 5.74) is 0. The highest BCUT2D eigenvalue weighted by Gasteiger charge is 2.37. The van der Waals surface area contributed by atoms with Gasteiger partial charge in [-0.1, -0.05) is 19.8 Å². The fourth-order valence-electron chi connectivity index (χ4n) is 2.11. The first kappa shape index (κ1) is 15.6. The molecule has 8 heteroatoms. The minimum atomic E-state index is -1.11. The maximum atomic E-state index is 12.3. The Hall–Kier alpha value is -2.77. The van der Waals surface area contributed by atoms with Gasteiger partial charge in [-0.25, -0.2) is 4.79 Å². The van der Waals surface area contributed by atoms with Crippen LogP contribution in [0.3, 0.4) is 0 Å². The number of aromatic hydroxyl groups is 2. The molecule has 0 spiro atoms. The predicted molar refractivity (Wildman–Crippen MR) is 73.7 cm³/mol. The molecule has 0 bridgehead atoms. The van der Waals surface area contributed by atoms with Crippen molar-refractivity contribution in [3.8, 4) is 11.8 Å². The van der Waals surface area contributed by atoms with Crippen LogP contribution >= 0.6 is 0 Å². The number of hydrogen-bond acceptors (Lipinski definition) is 6. The lowest BCUT2D eigenvalue weighted by Gasteiger charge is -2.24. The van der Waals surface area contributed by atoms with E-state index < -0.39 is 35.6 Å². The number of aromatic nitrogens is 1. The lowest BCUT2D eigenvalue weighted by atomic mass is 10.1. The van der Waals surface area contributed by atoms with Crippen molar-refractivity contribution >= 4 is 17.8 Å². The number of nitrogens with zero attached hydrogens (tertiary/aromatic N) is 2. The second-order valence-electron chi connectivity index (χ2n) is 4.79. The summed E-state index contributed by atoms with van der Waals surface area (Å²) in [4.78, 5) is 41.4. The minimum absolute atomic E-state index is 0.233. The van der Waals surface area contributed by atoms with E-state index in [4.69, 9.17) is 4.84 Å². The Kier molecular flexibility index (Phi) is 4.50. The molecule has 0 saturated carbocycles. The molecule has 1 unspecified atom stereocenters. The zero-order valence-electron chi connectivity index (χ0n) is 11.9. The van der Waals surface area contributed by atoms with Crippen LogP contribution in [0.25, 0.3) is 0 Å². The number of carbonyl (C=O) groups excluding carboxylic acids is 3. The number of carbonyl (C=O) groups is 3. The second kappa shape index (κ2) is 6.33. The van der Waals surface area contributed by atoms with Crippen molar-refractivity contribution in [1.82, 2.24) is 9.63 Å². The predicted octanol–water partition coefficient (Wildman–Crippen LogP) is 0.338. The SMILES string of the molecule is CCCCC(C(=O)On1c(O)ccc1O)N1C(=O)C=CC1=O. The molecule has 0 radical (unpaired) electrons. The lowest BCUT2D eigenvalue weighted by molar-refractivity contribution is -0.159. The van der Waals surface area contributed by atoms with Crippen molar-refractivity contribution in [2.75, 3.05) is 0 Å². The van der Waals surface area contributed by atoms with Crippen LogP contribution in [0.15, 0.2) is 24.3 Å². The van der Waals surface area contributed by atoms with Crippen molar-refractivity contribution in [1.29, 1.82) is 0 Å². The normalized spacial score (nSPS) is 15.4. The molecular weight excluding hydrogens is 292 g/mol. The van der Waals surface area contributed by atoms with Gasteiger partial charge in [-0.3, -0.25) is 14.5 Å². The van der Waals surface area contributed by atoms with E-state index >= 15 is 0 Å². The molecule has 2 amide bonds. The largest absolute Gasteiger partial charge is 0.492 e. The average Bonchev–Trinajstić information content (AvgIpc) is 2.97. The summed E-state index contributed by atoms with van der Waals surface area (Å²) < 4.78 is 0.528. The van der Waals surface area contributed by atoms with Crippen LogP contribution in [-0.4, -0.2) is 43.7 Å². The van der Waals surface area contributed by atoms with Gasteiger partial charge in [-0.15, -0.1) is 4.73 Å². The first-order valence-electron chi connectivity index (χ1n) is 6.82. The molecule has 2 heterocycles. The summed E-state index contributed by atoms with van der Waals surface area (Å²) in [5.74, 6) is -3.05. The molecule has 22 heavy (non-hydrogen) atoms. The maximum Gasteiger partial charge on any atom is 0.355 e. The van der Waals surface area contributed by atoms with Crippen LogP contribution in [0.1, 0.15) is 26.2 Å². The van der Waals surface area contributed by atoms with Crippen molar-refractivity contribution in [2.24, 2.45) is 0 Å². The first-order chi connectivity index (χ1) is 10.5. The van der Waals surface area contributed by atoms with Gasteiger partial charge >= 0.3 is 5.97 Å². The van der Waals surface area contributed by atoms with Crippen molar-refractivity contribution in [2.45, 2.75) is 32.2 Å². The third kappa shape index (κ3) is 2.95. The van der Waals surface area contributed by atoms with Gasteiger partial charge < -0.3 is 15.1 Å². The molecule has 0 fully saturated rings. The molecule has 1 aliphatic heterocycles. The topological polar surface area (TPSA) is 109 Å². The quantitative estimate of drug-likeness (QED) is 0.733. The third-order valence-corrected chi connectivity index (χ3v) is 3.24. The molecule has 1 atom stereocenters. The number of unbranched alkanes of at least 4 members (excludes halogenated alkanes) is 1. The maximum absolute atomic E-state index is 12.3. The number of amides is 2. The minimum Gasteiger partial charge on any atom is -0.492 e. The van der Waals surface area contributed by atoms with E-state index in [2.05, 4.69) is 0 Å². The van der Waals surface area contributed by atoms with E-state index in [1.54, 1.807) is 0 Å². The van der Waals surface area contributed by atoms with Crippen LogP contribution in [-0.2, 0) is 14.4 Å². The Bertz CT molecular complexity index is 596. The zero-order valence-corrected chi connectivity index (χ0v) is 11.9. The van der Waals surface area contributed by atoms with Gasteiger partial charge in [-0.05, 0) is 6.42 Å². The molecule has 0 aromatic carbocycles. The summed E-state index contributed by atoms with van der Waals surface area (Å²) in [5, 5.41) is 18.9. The van der Waals surface area contributed by atoms with E-state index in [0.29, 0.717) is 11.2 Å². The van der Waals surface area contributed by atoms with E-state index in [0.717, 1.165) is 35.6 Å². The summed E-state index contributed by atoms with van der Waals surface area (Å²) in [6.07, 6.45) is 3.75. The highest BCUT2D eigenvalue weighted by molar-refractivity contribution is 6.14. The van der Waals surface area contributed by atoms with Crippen molar-refractivity contribution in [3.63, 3.8) is 0 Å². The molecule has 1 aromatic heterocycles. The molecule has 118 valence electrons. The van der Waals surface area contributed by atoms with Crippen LogP contribution < -0.4 is 4.84 Å². The Morgan fingerprint density at radius 2 is 1.73 bits per heavy atom. The van der Waals surface area contributed by atoms with E-state index in [1.807, 2.05) is 6.92 Å². The van der Waals surface area contributed by atoms with Gasteiger partial charge in [0.2, 0.25) is 11.8 Å². The first-order valence-corrected chi connectivity index (χ1v) is 6.82. The van der Waals surface area contributed by atoms with Crippen LogP contribution in [0.2, 0.25) is 0 Å². The average molecular weight is 308 g/mol. The Morgan fingerprint density at radius 1 is 1.18 bits per heavy atom. The van der Waals surface area contributed by atoms with E-state index in [9.17, 15) is 24.6 Å². The Labute approximate surface area is 126 Å². The molecule has 0 saturated heterocycles. The number of imide groups is 1. The Balaban J connectivity index is 2.20. The fourth-order valence-corrected chi connectivity index (χ4v) is 2.11. The molecule has 2 N–H and O–H groups in total. The van der Waals surface area contributed by atoms with Crippen molar-refractivity contribution < 1.29 is 29.4 Å². The summed E-state index contributed by atoms with van der Waals surface area (Å²) in [6.45, 7) is 1.90. The van der Waals surface area contributed by atoms with Crippen molar-refractivity contribution in [3.05, 3.63) is 24.3 Å². The van der Waals surface area contributed by atoms with Gasteiger partial charge in [0.05, 0.1) is 0 Å². The molecule has 0 aliphatic carbocycles. The lowest BCUT2D eigenvalue weighted by Crippen LogP contribution is -2.48. The van der Waals surface area contributed by atoms with Gasteiger partial charge in [0.1, 0.15) is 6.04 Å². The van der Waals surface area contributed by atoms with Crippen LogP contribution in [0.5, 0.6) is 11.8 Å².